The van der Waals surface area contributed by atoms with E-state index in [1.807, 2.05) is 19.6 Å². The van der Waals surface area contributed by atoms with E-state index in [4.69, 9.17) is 0 Å². The summed E-state index contributed by atoms with van der Waals surface area (Å²) in [5.41, 5.74) is 4.78. The lowest BCUT2D eigenvalue weighted by atomic mass is 10.0. The fourth-order valence-corrected chi connectivity index (χ4v) is 2.06. The lowest BCUT2D eigenvalue weighted by Crippen LogP contribution is -2.35. The first-order chi connectivity index (χ1) is 8.45. The highest BCUT2D eigenvalue weighted by Crippen LogP contribution is 2.24. The summed E-state index contributed by atoms with van der Waals surface area (Å²) in [4.78, 5) is 4.31. The average Bonchev–Trinajstić information content (AvgIpc) is 2.82. The number of hydrogen-bond acceptors (Lipinski definition) is 2. The maximum atomic E-state index is 4.31. The molecule has 0 unspecified atom stereocenters. The van der Waals surface area contributed by atoms with Gasteiger partial charge in [0.25, 0.3) is 0 Å². The van der Waals surface area contributed by atoms with Gasteiger partial charge in [-0.1, -0.05) is 12.1 Å². The summed E-state index contributed by atoms with van der Waals surface area (Å²) in [6, 6.07) is 6.49. The van der Waals surface area contributed by atoms with Gasteiger partial charge in [0.1, 0.15) is 0 Å². The van der Waals surface area contributed by atoms with Gasteiger partial charge < -0.3 is 9.88 Å². The Balaban J connectivity index is 2.59. The van der Waals surface area contributed by atoms with E-state index < -0.39 is 0 Å². The minimum absolute atomic E-state index is 0.104. The van der Waals surface area contributed by atoms with Gasteiger partial charge >= 0.3 is 0 Å². The third-order valence-corrected chi connectivity index (χ3v) is 3.53. The molecule has 0 aliphatic carbocycles. The minimum atomic E-state index is -0.104. The number of aromatic nitrogens is 2. The van der Waals surface area contributed by atoms with Crippen LogP contribution in [0.2, 0.25) is 0 Å². The van der Waals surface area contributed by atoms with E-state index in [1.54, 1.807) is 0 Å². The second kappa shape index (κ2) is 4.58. The summed E-state index contributed by atoms with van der Waals surface area (Å²) in [7, 11) is 1.97. The molecule has 18 heavy (non-hydrogen) atoms. The van der Waals surface area contributed by atoms with Crippen molar-refractivity contribution in [1.82, 2.24) is 14.9 Å². The molecule has 3 nitrogen and oxygen atoms in total. The molecular formula is C15H21N3. The molecule has 0 fully saturated rings. The molecule has 1 aromatic carbocycles. The number of nitrogens with zero attached hydrogens (tertiary/aromatic N) is 2. The zero-order valence-electron chi connectivity index (χ0n) is 11.8. The van der Waals surface area contributed by atoms with Crippen molar-refractivity contribution >= 4 is 0 Å². The van der Waals surface area contributed by atoms with E-state index >= 15 is 0 Å². The first-order valence-corrected chi connectivity index (χ1v) is 6.25. The van der Waals surface area contributed by atoms with Crippen LogP contribution in [0.25, 0.3) is 5.69 Å². The molecule has 0 amide bonds. The molecule has 0 atom stereocenters. The van der Waals surface area contributed by atoms with Crippen LogP contribution in [0.3, 0.4) is 0 Å². The Morgan fingerprint density at radius 2 is 1.94 bits per heavy atom. The van der Waals surface area contributed by atoms with E-state index in [0.717, 1.165) is 0 Å². The largest absolute Gasteiger partial charge is 0.310 e. The van der Waals surface area contributed by atoms with Gasteiger partial charge in [-0.05, 0) is 51.9 Å². The summed E-state index contributed by atoms with van der Waals surface area (Å²) in [5.74, 6) is 0. The van der Waals surface area contributed by atoms with Gasteiger partial charge in [-0.3, -0.25) is 0 Å². The van der Waals surface area contributed by atoms with Crippen molar-refractivity contribution in [2.45, 2.75) is 33.2 Å². The molecule has 0 radical (unpaired) electrons. The van der Waals surface area contributed by atoms with Crippen molar-refractivity contribution in [3.05, 3.63) is 47.5 Å². The third-order valence-electron chi connectivity index (χ3n) is 3.53. The molecule has 3 heteroatoms. The van der Waals surface area contributed by atoms with Gasteiger partial charge in [-0.25, -0.2) is 4.98 Å². The summed E-state index contributed by atoms with van der Waals surface area (Å²) in [6.07, 6.45) is 3.81. The second-order valence-corrected chi connectivity index (χ2v) is 5.31. The normalized spacial score (nSPS) is 11.8. The Hall–Kier alpha value is -1.61. The quantitative estimate of drug-likeness (QED) is 0.898. The van der Waals surface area contributed by atoms with Crippen molar-refractivity contribution < 1.29 is 0 Å². The molecular weight excluding hydrogens is 222 g/mol. The predicted molar refractivity (Wildman–Crippen MR) is 75.1 cm³/mol. The fraction of sp³-hybridized carbons (Fsp3) is 0.400. The van der Waals surface area contributed by atoms with E-state index in [0.29, 0.717) is 0 Å². The average molecular weight is 243 g/mol. The highest BCUT2D eigenvalue weighted by atomic mass is 15.1. The Bertz CT molecular complexity index is 553. The Morgan fingerprint density at radius 1 is 1.22 bits per heavy atom. The Kier molecular flexibility index (Phi) is 3.26. The van der Waals surface area contributed by atoms with Crippen LogP contribution in [0, 0.1) is 13.8 Å². The van der Waals surface area contributed by atoms with Gasteiger partial charge in [-0.2, -0.15) is 0 Å². The number of benzene rings is 1. The number of nitrogens with one attached hydrogen (secondary N) is 1. The lowest BCUT2D eigenvalue weighted by Gasteiger charge is -2.26. The van der Waals surface area contributed by atoms with Crippen LogP contribution in [0.5, 0.6) is 0 Å². The molecule has 0 aliphatic rings. The van der Waals surface area contributed by atoms with Crippen molar-refractivity contribution in [2.24, 2.45) is 0 Å². The fourth-order valence-electron chi connectivity index (χ4n) is 2.06. The minimum Gasteiger partial charge on any atom is -0.310 e. The molecule has 0 bridgehead atoms. The summed E-state index contributed by atoms with van der Waals surface area (Å²) >= 11 is 0. The topological polar surface area (TPSA) is 29.9 Å². The maximum absolute atomic E-state index is 4.31. The molecule has 2 rings (SSSR count). The number of hydrogen-bond donors (Lipinski definition) is 1. The van der Waals surface area contributed by atoms with Crippen LogP contribution in [-0.2, 0) is 5.54 Å². The van der Waals surface area contributed by atoms with Crippen LogP contribution < -0.4 is 5.32 Å². The number of aryl methyl sites for hydroxylation is 2. The summed E-state index contributed by atoms with van der Waals surface area (Å²) < 4.78 is 2.17. The molecule has 1 N–H and O–H groups in total. The van der Waals surface area contributed by atoms with Crippen LogP contribution in [0.1, 0.15) is 30.7 Å². The smallest absolute Gasteiger partial charge is 0.0994 e. The van der Waals surface area contributed by atoms with Crippen molar-refractivity contribution in [2.75, 3.05) is 7.05 Å². The van der Waals surface area contributed by atoms with Gasteiger partial charge in [-0.15, -0.1) is 0 Å². The Morgan fingerprint density at radius 3 is 2.61 bits per heavy atom. The zero-order valence-corrected chi connectivity index (χ0v) is 11.8. The van der Waals surface area contributed by atoms with Gasteiger partial charge in [0.15, 0.2) is 0 Å². The monoisotopic (exact) mass is 243 g/mol. The van der Waals surface area contributed by atoms with Crippen LogP contribution in [0.15, 0.2) is 30.7 Å². The molecule has 1 aromatic heterocycles. The molecule has 2 aromatic rings. The second-order valence-electron chi connectivity index (χ2n) is 5.31. The SMILES string of the molecule is CNC(C)(C)c1cncn1-c1cc(C)ccc1C. The molecule has 0 aliphatic heterocycles. The lowest BCUT2D eigenvalue weighted by molar-refractivity contribution is 0.424. The highest BCUT2D eigenvalue weighted by molar-refractivity contribution is 5.44. The van der Waals surface area contributed by atoms with Crippen LogP contribution >= 0.6 is 0 Å². The first-order valence-electron chi connectivity index (χ1n) is 6.25. The number of imidazole rings is 1. The number of rotatable bonds is 3. The van der Waals surface area contributed by atoms with Crippen molar-refractivity contribution in [1.29, 1.82) is 0 Å². The summed E-state index contributed by atoms with van der Waals surface area (Å²) in [5, 5.41) is 3.33. The van der Waals surface area contributed by atoms with Gasteiger partial charge in [0.2, 0.25) is 0 Å². The van der Waals surface area contributed by atoms with E-state index in [2.05, 4.69) is 60.8 Å². The Labute approximate surface area is 109 Å². The molecule has 96 valence electrons. The van der Waals surface area contributed by atoms with E-state index in [-0.39, 0.29) is 5.54 Å². The van der Waals surface area contributed by atoms with Crippen LogP contribution in [0.4, 0.5) is 0 Å². The molecule has 0 saturated carbocycles. The van der Waals surface area contributed by atoms with Gasteiger partial charge in [0, 0.05) is 0 Å². The van der Waals surface area contributed by atoms with Gasteiger partial charge in [0.05, 0.1) is 29.4 Å². The van der Waals surface area contributed by atoms with E-state index in [9.17, 15) is 0 Å². The highest BCUT2D eigenvalue weighted by Gasteiger charge is 2.23. The molecule has 1 heterocycles. The van der Waals surface area contributed by atoms with Crippen molar-refractivity contribution in [3.8, 4) is 5.69 Å². The first kappa shape index (κ1) is 12.8. The maximum Gasteiger partial charge on any atom is 0.0994 e. The van der Waals surface area contributed by atoms with Crippen LogP contribution in [-0.4, -0.2) is 16.6 Å². The summed E-state index contributed by atoms with van der Waals surface area (Å²) in [6.45, 7) is 8.56. The molecule has 0 saturated heterocycles. The van der Waals surface area contributed by atoms with E-state index in [1.165, 1.54) is 22.5 Å². The standard InChI is InChI=1S/C15H21N3/c1-11-6-7-12(2)13(8-11)18-10-17-9-14(18)15(3,4)16-5/h6-10,16H,1-5H3. The predicted octanol–water partition coefficient (Wildman–Crippen LogP) is 2.94. The van der Waals surface area contributed by atoms with Crippen molar-refractivity contribution in [3.63, 3.8) is 0 Å². The third kappa shape index (κ3) is 2.18. The zero-order chi connectivity index (χ0) is 13.3. The molecule has 0 spiro atoms.